The van der Waals surface area contributed by atoms with Gasteiger partial charge < -0.3 is 14.8 Å². The van der Waals surface area contributed by atoms with Crippen molar-refractivity contribution in [2.75, 3.05) is 6.61 Å². The molecule has 2 N–H and O–H groups in total. The molecule has 0 radical (unpaired) electrons. The lowest BCUT2D eigenvalue weighted by molar-refractivity contribution is 0.318. The number of aromatic amines is 1. The Hall–Kier alpha value is -2.31. The van der Waals surface area contributed by atoms with Crippen LogP contribution in [0.2, 0.25) is 5.02 Å². The maximum atomic E-state index is 12.7. The number of thiophene rings is 1. The smallest absolute Gasteiger partial charge is 0.260 e. The summed E-state index contributed by atoms with van der Waals surface area (Å²) in [5.41, 5.74) is 1.83. The molecular formula is C21H21ClN2O3S. The molecule has 0 aliphatic heterocycles. The molecule has 28 heavy (non-hydrogen) atoms. The molecule has 1 atom stereocenters. The predicted octanol–water partition coefficient (Wildman–Crippen LogP) is 5.04. The van der Waals surface area contributed by atoms with Crippen molar-refractivity contribution in [3.05, 3.63) is 49.3 Å². The number of benzene rings is 1. The molecule has 5 nitrogen and oxygen atoms in total. The minimum atomic E-state index is -0.0875. The van der Waals surface area contributed by atoms with Gasteiger partial charge in [0.1, 0.15) is 10.7 Å². The number of aryl methyl sites for hydroxylation is 1. The van der Waals surface area contributed by atoms with Crippen molar-refractivity contribution < 1.29 is 9.84 Å². The number of halogens is 1. The number of nitrogens with one attached hydrogen (secondary N) is 1. The molecule has 2 heterocycles. The summed E-state index contributed by atoms with van der Waals surface area (Å²) < 4.78 is 5.40. The van der Waals surface area contributed by atoms with E-state index in [1.54, 1.807) is 35.6 Å². The summed E-state index contributed by atoms with van der Waals surface area (Å²) in [5.74, 6) is 1.39. The quantitative estimate of drug-likeness (QED) is 0.624. The molecule has 1 aliphatic carbocycles. The monoisotopic (exact) mass is 416 g/mol. The van der Waals surface area contributed by atoms with Crippen LogP contribution in [0.5, 0.6) is 11.5 Å². The van der Waals surface area contributed by atoms with E-state index < -0.39 is 0 Å². The summed E-state index contributed by atoms with van der Waals surface area (Å²) in [6, 6.07) is 3.33. The van der Waals surface area contributed by atoms with Crippen molar-refractivity contribution in [2.24, 2.45) is 5.92 Å². The largest absolute Gasteiger partial charge is 0.503 e. The van der Waals surface area contributed by atoms with E-state index in [-0.39, 0.29) is 16.3 Å². The van der Waals surface area contributed by atoms with Crippen LogP contribution in [-0.2, 0) is 12.8 Å². The number of phenols is 1. The van der Waals surface area contributed by atoms with Gasteiger partial charge >= 0.3 is 0 Å². The fraction of sp³-hybridized carbons (Fsp3) is 0.333. The first kappa shape index (κ1) is 19.0. The first-order valence-electron chi connectivity index (χ1n) is 9.34. The summed E-state index contributed by atoms with van der Waals surface area (Å²) in [4.78, 5) is 22.3. The van der Waals surface area contributed by atoms with Crippen molar-refractivity contribution >= 4 is 45.3 Å². The second kappa shape index (κ2) is 7.60. The Balaban J connectivity index is 1.70. The highest BCUT2D eigenvalue weighted by atomic mass is 35.5. The van der Waals surface area contributed by atoms with Gasteiger partial charge in [0.25, 0.3) is 5.56 Å². The van der Waals surface area contributed by atoms with Crippen molar-refractivity contribution in [3.8, 4) is 11.5 Å². The van der Waals surface area contributed by atoms with Crippen LogP contribution in [0.1, 0.15) is 42.1 Å². The predicted molar refractivity (Wildman–Crippen MR) is 115 cm³/mol. The van der Waals surface area contributed by atoms with Crippen molar-refractivity contribution in [1.82, 2.24) is 9.97 Å². The maximum absolute atomic E-state index is 12.7. The minimum absolute atomic E-state index is 0.0768. The lowest BCUT2D eigenvalue weighted by atomic mass is 9.89. The van der Waals surface area contributed by atoms with Gasteiger partial charge in [-0.1, -0.05) is 24.6 Å². The molecule has 0 amide bonds. The highest BCUT2D eigenvalue weighted by Gasteiger charge is 2.22. The Bertz CT molecular complexity index is 1130. The molecule has 1 aliphatic rings. The third-order valence-corrected chi connectivity index (χ3v) is 6.40. The molecule has 0 saturated heterocycles. The van der Waals surface area contributed by atoms with E-state index in [1.165, 1.54) is 10.4 Å². The average molecular weight is 417 g/mol. The van der Waals surface area contributed by atoms with E-state index >= 15 is 0 Å². The molecular weight excluding hydrogens is 396 g/mol. The van der Waals surface area contributed by atoms with Crippen molar-refractivity contribution in [3.63, 3.8) is 0 Å². The third kappa shape index (κ3) is 3.54. The number of aromatic nitrogens is 2. The molecule has 0 unspecified atom stereocenters. The Morgan fingerprint density at radius 1 is 1.43 bits per heavy atom. The SMILES string of the molecule is CCOc1cc(/C=C/c2nc3sc4c(c3c(=O)[nH]2)CC[C@@H](C)C4)cc(Cl)c1O. The van der Waals surface area contributed by atoms with Gasteiger partial charge in [0, 0.05) is 4.88 Å². The molecule has 146 valence electrons. The zero-order chi connectivity index (χ0) is 19.8. The summed E-state index contributed by atoms with van der Waals surface area (Å²) >= 11 is 7.70. The van der Waals surface area contributed by atoms with Crippen LogP contribution in [0.25, 0.3) is 22.4 Å². The van der Waals surface area contributed by atoms with Gasteiger partial charge in [0.05, 0.1) is 17.0 Å². The zero-order valence-corrected chi connectivity index (χ0v) is 17.3. The minimum Gasteiger partial charge on any atom is -0.503 e. The van der Waals surface area contributed by atoms with Gasteiger partial charge in [-0.3, -0.25) is 4.79 Å². The standard InChI is InChI=1S/C21H21ClN2O3S/c1-3-27-15-10-12(9-14(22)19(15)25)5-7-17-23-20(26)18-13-6-4-11(2)8-16(13)28-21(18)24-17/h5,7,9-11,25H,3-4,6,8H2,1-2H3,(H,23,24,26)/b7-5+/t11-/m1/s1. The summed E-state index contributed by atoms with van der Waals surface area (Å²) in [6.45, 7) is 4.50. The van der Waals surface area contributed by atoms with Crippen molar-refractivity contribution in [2.45, 2.75) is 33.1 Å². The van der Waals surface area contributed by atoms with E-state index in [9.17, 15) is 9.90 Å². The maximum Gasteiger partial charge on any atom is 0.260 e. The van der Waals surface area contributed by atoms with E-state index in [0.717, 1.165) is 35.0 Å². The second-order valence-corrected chi connectivity index (χ2v) is 8.59. The molecule has 2 aromatic heterocycles. The lowest BCUT2D eigenvalue weighted by Gasteiger charge is -2.17. The fourth-order valence-corrected chi connectivity index (χ4v) is 5.18. The summed E-state index contributed by atoms with van der Waals surface area (Å²) in [6.07, 6.45) is 6.60. The van der Waals surface area contributed by atoms with Crippen LogP contribution in [-0.4, -0.2) is 21.7 Å². The molecule has 1 aromatic carbocycles. The number of phenolic OH excluding ortho intramolecular Hbond substituents is 1. The normalized spacial score (nSPS) is 16.6. The molecule has 4 rings (SSSR count). The van der Waals surface area contributed by atoms with Crippen LogP contribution in [0, 0.1) is 5.92 Å². The Labute approximate surface area is 171 Å². The van der Waals surface area contributed by atoms with Gasteiger partial charge in [-0.2, -0.15) is 0 Å². The molecule has 7 heteroatoms. The first-order chi connectivity index (χ1) is 13.5. The third-order valence-electron chi connectivity index (χ3n) is 4.97. The van der Waals surface area contributed by atoms with Crippen LogP contribution in [0.15, 0.2) is 16.9 Å². The summed E-state index contributed by atoms with van der Waals surface area (Å²) in [7, 11) is 0. The molecule has 0 saturated carbocycles. The molecule has 0 bridgehead atoms. The van der Waals surface area contributed by atoms with Crippen LogP contribution >= 0.6 is 22.9 Å². The number of nitrogens with zero attached hydrogens (tertiary/aromatic N) is 1. The molecule has 0 fully saturated rings. The zero-order valence-electron chi connectivity index (χ0n) is 15.7. The molecule has 3 aromatic rings. The van der Waals surface area contributed by atoms with Gasteiger partial charge in [-0.15, -0.1) is 11.3 Å². The Morgan fingerprint density at radius 3 is 3.04 bits per heavy atom. The average Bonchev–Trinajstić information content (AvgIpc) is 3.01. The number of aromatic hydroxyl groups is 1. The van der Waals surface area contributed by atoms with Gasteiger partial charge in [0.2, 0.25) is 0 Å². The number of ether oxygens (including phenoxy) is 1. The number of fused-ring (bicyclic) bond motifs is 3. The first-order valence-corrected chi connectivity index (χ1v) is 10.5. The summed E-state index contributed by atoms with van der Waals surface area (Å²) in [5, 5.41) is 10.9. The second-order valence-electron chi connectivity index (χ2n) is 7.10. The number of H-pyrrole nitrogens is 1. The van der Waals surface area contributed by atoms with E-state index in [0.29, 0.717) is 24.1 Å². The van der Waals surface area contributed by atoms with Crippen LogP contribution in [0.4, 0.5) is 0 Å². The van der Waals surface area contributed by atoms with Crippen LogP contribution < -0.4 is 10.3 Å². The van der Waals surface area contributed by atoms with Gasteiger partial charge in [-0.25, -0.2) is 4.98 Å². The molecule has 0 spiro atoms. The highest BCUT2D eigenvalue weighted by molar-refractivity contribution is 7.18. The van der Waals surface area contributed by atoms with Gasteiger partial charge in [-0.05, 0) is 61.4 Å². The fourth-order valence-electron chi connectivity index (χ4n) is 3.58. The topological polar surface area (TPSA) is 75.2 Å². The van der Waals surface area contributed by atoms with Gasteiger partial charge in [0.15, 0.2) is 11.5 Å². The number of hydrogen-bond donors (Lipinski definition) is 2. The lowest BCUT2D eigenvalue weighted by Crippen LogP contribution is -2.13. The Kier molecular flexibility index (Phi) is 5.17. The number of hydrogen-bond acceptors (Lipinski definition) is 5. The Morgan fingerprint density at radius 2 is 2.25 bits per heavy atom. The van der Waals surface area contributed by atoms with E-state index in [2.05, 4.69) is 16.9 Å². The highest BCUT2D eigenvalue weighted by Crippen LogP contribution is 2.37. The van der Waals surface area contributed by atoms with E-state index in [4.69, 9.17) is 16.3 Å². The van der Waals surface area contributed by atoms with Crippen LogP contribution in [0.3, 0.4) is 0 Å². The number of rotatable bonds is 4. The van der Waals surface area contributed by atoms with E-state index in [1.807, 2.05) is 6.92 Å². The van der Waals surface area contributed by atoms with Crippen molar-refractivity contribution in [1.29, 1.82) is 0 Å².